The Balaban J connectivity index is 1.47. The number of carboxylic acids is 1. The molecule has 9 heteroatoms. The van der Waals surface area contributed by atoms with Gasteiger partial charge in [-0.05, 0) is 35.9 Å². The Kier molecular flexibility index (Phi) is 5.85. The van der Waals surface area contributed by atoms with E-state index < -0.39 is 17.8 Å². The topological polar surface area (TPSA) is 126 Å². The Morgan fingerprint density at radius 1 is 1.00 bits per heavy atom. The lowest BCUT2D eigenvalue weighted by molar-refractivity contribution is -0.120. The number of amides is 2. The predicted octanol–water partition coefficient (Wildman–Crippen LogP) is 1.04. The van der Waals surface area contributed by atoms with E-state index in [0.717, 1.165) is 0 Å². The minimum atomic E-state index is -1.02. The van der Waals surface area contributed by atoms with E-state index in [2.05, 4.69) is 15.8 Å². The summed E-state index contributed by atoms with van der Waals surface area (Å²) in [5.41, 5.74) is 3.40. The van der Waals surface area contributed by atoms with E-state index in [9.17, 15) is 14.4 Å². The van der Waals surface area contributed by atoms with Crippen molar-refractivity contribution in [1.82, 2.24) is 10.7 Å². The zero-order valence-electron chi connectivity index (χ0n) is 14.7. The molecule has 2 aromatic rings. The number of hydrogen-bond acceptors (Lipinski definition) is 6. The molecule has 0 atom stereocenters. The monoisotopic (exact) mass is 383 g/mol. The average Bonchev–Trinajstić information content (AvgIpc) is 2.72. The number of carboxylic acid groups (broad SMARTS) is 1. The van der Waals surface area contributed by atoms with Crippen molar-refractivity contribution in [3.05, 3.63) is 59.2 Å². The van der Waals surface area contributed by atoms with Crippen molar-refractivity contribution in [2.75, 3.05) is 19.8 Å². The summed E-state index contributed by atoms with van der Waals surface area (Å²) in [5, 5.41) is 15.1. The molecule has 144 valence electrons. The van der Waals surface area contributed by atoms with Crippen LogP contribution in [0, 0.1) is 0 Å². The summed E-state index contributed by atoms with van der Waals surface area (Å²) >= 11 is 0. The van der Waals surface area contributed by atoms with Crippen molar-refractivity contribution in [2.45, 2.75) is 0 Å². The molecule has 0 aliphatic carbocycles. The lowest BCUT2D eigenvalue weighted by Crippen LogP contribution is -2.35. The van der Waals surface area contributed by atoms with Crippen LogP contribution in [0.3, 0.4) is 0 Å². The Bertz CT molecular complexity index is 924. The van der Waals surface area contributed by atoms with Crippen molar-refractivity contribution >= 4 is 24.0 Å². The number of nitrogens with one attached hydrogen (secondary N) is 2. The van der Waals surface area contributed by atoms with E-state index in [1.165, 1.54) is 18.3 Å². The molecule has 0 saturated heterocycles. The van der Waals surface area contributed by atoms with Crippen molar-refractivity contribution < 1.29 is 29.0 Å². The highest BCUT2D eigenvalue weighted by Gasteiger charge is 2.15. The summed E-state index contributed by atoms with van der Waals surface area (Å²) in [6, 6.07) is 10.8. The molecule has 0 fully saturated rings. The minimum Gasteiger partial charge on any atom is -0.486 e. The molecule has 3 N–H and O–H groups in total. The SMILES string of the molecule is O=C(CNC(=O)c1ccc2c(c1)OCCO2)N/N=C/c1ccc(C(=O)O)cc1. The van der Waals surface area contributed by atoms with Gasteiger partial charge in [0.25, 0.3) is 11.8 Å². The largest absolute Gasteiger partial charge is 0.486 e. The summed E-state index contributed by atoms with van der Waals surface area (Å²) in [6.07, 6.45) is 1.37. The first-order valence-corrected chi connectivity index (χ1v) is 8.36. The smallest absolute Gasteiger partial charge is 0.335 e. The highest BCUT2D eigenvalue weighted by molar-refractivity contribution is 5.97. The molecule has 1 aliphatic rings. The average molecular weight is 383 g/mol. The molecule has 1 heterocycles. The molecule has 0 saturated carbocycles. The third-order valence-corrected chi connectivity index (χ3v) is 3.77. The number of aromatic carboxylic acids is 1. The van der Waals surface area contributed by atoms with Crippen molar-refractivity contribution in [3.8, 4) is 11.5 Å². The summed E-state index contributed by atoms with van der Waals surface area (Å²) < 4.78 is 10.8. The van der Waals surface area contributed by atoms with Crippen LogP contribution < -0.4 is 20.2 Å². The number of carbonyl (C=O) groups excluding carboxylic acids is 2. The van der Waals surface area contributed by atoms with E-state index in [4.69, 9.17) is 14.6 Å². The van der Waals surface area contributed by atoms with Crippen LogP contribution in [0.25, 0.3) is 0 Å². The lowest BCUT2D eigenvalue weighted by Gasteiger charge is -2.18. The van der Waals surface area contributed by atoms with Crippen molar-refractivity contribution in [1.29, 1.82) is 0 Å². The Morgan fingerprint density at radius 3 is 2.39 bits per heavy atom. The second-order valence-electron chi connectivity index (χ2n) is 5.76. The van der Waals surface area contributed by atoms with Gasteiger partial charge in [-0.2, -0.15) is 5.10 Å². The summed E-state index contributed by atoms with van der Waals surface area (Å²) in [5.74, 6) is -0.900. The van der Waals surface area contributed by atoms with Gasteiger partial charge < -0.3 is 19.9 Å². The standard InChI is InChI=1S/C19H17N3O6/c23-17(22-21-10-12-1-3-13(4-2-12)19(25)26)11-20-18(24)14-5-6-15-16(9-14)28-8-7-27-15/h1-6,9-10H,7-8,11H2,(H,20,24)(H,22,23)(H,25,26)/b21-10+. The maximum Gasteiger partial charge on any atom is 0.335 e. The Hall–Kier alpha value is -3.88. The second-order valence-corrected chi connectivity index (χ2v) is 5.76. The van der Waals surface area contributed by atoms with Crippen LogP contribution in [0.4, 0.5) is 0 Å². The third-order valence-electron chi connectivity index (χ3n) is 3.77. The molecule has 28 heavy (non-hydrogen) atoms. The first kappa shape index (κ1) is 18.9. The molecule has 0 aromatic heterocycles. The molecular weight excluding hydrogens is 366 g/mol. The number of carbonyl (C=O) groups is 3. The van der Waals surface area contributed by atoms with Crippen LogP contribution in [0.5, 0.6) is 11.5 Å². The molecular formula is C19H17N3O6. The highest BCUT2D eigenvalue weighted by atomic mass is 16.6. The summed E-state index contributed by atoms with van der Waals surface area (Å²) in [6.45, 7) is 0.614. The van der Waals surface area contributed by atoms with Crippen LogP contribution in [0.1, 0.15) is 26.3 Å². The number of fused-ring (bicyclic) bond motifs is 1. The predicted molar refractivity (Wildman–Crippen MR) is 98.9 cm³/mol. The maximum atomic E-state index is 12.1. The molecule has 2 aromatic carbocycles. The van der Waals surface area contributed by atoms with E-state index in [0.29, 0.717) is 35.8 Å². The van der Waals surface area contributed by atoms with Crippen LogP contribution in [0.15, 0.2) is 47.6 Å². The molecule has 3 rings (SSSR count). The second kappa shape index (κ2) is 8.67. The zero-order valence-corrected chi connectivity index (χ0v) is 14.7. The first-order chi connectivity index (χ1) is 13.5. The fourth-order valence-electron chi connectivity index (χ4n) is 2.38. The van der Waals surface area contributed by atoms with Crippen LogP contribution >= 0.6 is 0 Å². The van der Waals surface area contributed by atoms with E-state index in [1.54, 1.807) is 30.3 Å². The quantitative estimate of drug-likeness (QED) is 0.505. The summed E-state index contributed by atoms with van der Waals surface area (Å²) in [7, 11) is 0. The fourth-order valence-corrected chi connectivity index (χ4v) is 2.38. The molecule has 0 spiro atoms. The molecule has 1 aliphatic heterocycles. The van der Waals surface area contributed by atoms with Gasteiger partial charge in [-0.25, -0.2) is 10.2 Å². The Labute approximate surface area is 160 Å². The molecule has 0 unspecified atom stereocenters. The number of ether oxygens (including phenoxy) is 2. The van der Waals surface area contributed by atoms with Gasteiger partial charge in [0.2, 0.25) is 0 Å². The minimum absolute atomic E-state index is 0.156. The van der Waals surface area contributed by atoms with Gasteiger partial charge in [-0.15, -0.1) is 0 Å². The van der Waals surface area contributed by atoms with Crippen LogP contribution in [-0.4, -0.2) is 48.9 Å². The van der Waals surface area contributed by atoms with Gasteiger partial charge in [-0.3, -0.25) is 9.59 Å². The van der Waals surface area contributed by atoms with E-state index in [1.807, 2.05) is 0 Å². The van der Waals surface area contributed by atoms with Crippen LogP contribution in [0.2, 0.25) is 0 Å². The number of rotatable bonds is 6. The summed E-state index contributed by atoms with van der Waals surface area (Å²) in [4.78, 5) is 34.7. The van der Waals surface area contributed by atoms with Crippen LogP contribution in [-0.2, 0) is 4.79 Å². The number of hydrazone groups is 1. The van der Waals surface area contributed by atoms with E-state index >= 15 is 0 Å². The fraction of sp³-hybridized carbons (Fsp3) is 0.158. The molecule has 0 radical (unpaired) electrons. The Morgan fingerprint density at radius 2 is 1.68 bits per heavy atom. The number of benzene rings is 2. The van der Waals surface area contributed by atoms with Gasteiger partial charge >= 0.3 is 5.97 Å². The van der Waals surface area contributed by atoms with Gasteiger partial charge in [0.1, 0.15) is 13.2 Å². The lowest BCUT2D eigenvalue weighted by atomic mass is 10.1. The third kappa shape index (κ3) is 4.85. The normalized spacial score (nSPS) is 12.4. The van der Waals surface area contributed by atoms with Crippen molar-refractivity contribution in [2.24, 2.45) is 5.10 Å². The molecule has 2 amide bonds. The van der Waals surface area contributed by atoms with Crippen molar-refractivity contribution in [3.63, 3.8) is 0 Å². The van der Waals surface area contributed by atoms with Gasteiger partial charge in [0.15, 0.2) is 11.5 Å². The van der Waals surface area contributed by atoms with Gasteiger partial charge in [0, 0.05) is 5.56 Å². The van der Waals surface area contributed by atoms with Gasteiger partial charge in [-0.1, -0.05) is 12.1 Å². The highest BCUT2D eigenvalue weighted by Crippen LogP contribution is 2.30. The number of hydrogen-bond donors (Lipinski definition) is 3. The first-order valence-electron chi connectivity index (χ1n) is 8.36. The maximum absolute atomic E-state index is 12.1. The number of nitrogens with zero attached hydrogens (tertiary/aromatic N) is 1. The molecule has 9 nitrogen and oxygen atoms in total. The van der Waals surface area contributed by atoms with Gasteiger partial charge in [0.05, 0.1) is 18.3 Å². The zero-order chi connectivity index (χ0) is 19.9. The van der Waals surface area contributed by atoms with E-state index in [-0.39, 0.29) is 12.1 Å². The molecule has 0 bridgehead atoms.